The molecule has 1 fully saturated rings. The third-order valence-electron chi connectivity index (χ3n) is 8.72. The molecule has 1 aromatic rings. The smallest absolute Gasteiger partial charge is 0.255 e. The van der Waals surface area contributed by atoms with Gasteiger partial charge in [0, 0.05) is 31.8 Å². The summed E-state index contributed by atoms with van der Waals surface area (Å²) < 4.78 is 0. The molecule has 0 saturated heterocycles. The number of Topliss-reactive ketones (excluding diaryl/α,β-unsaturated/α-hetero) is 2. The second kappa shape index (κ2) is 8.98. The van der Waals surface area contributed by atoms with Crippen LogP contribution >= 0.6 is 0 Å². The van der Waals surface area contributed by atoms with Crippen LogP contribution < -0.4 is 10.6 Å². The van der Waals surface area contributed by atoms with Gasteiger partial charge in [-0.2, -0.15) is 0 Å². The van der Waals surface area contributed by atoms with Crippen molar-refractivity contribution in [3.8, 4) is 5.75 Å². The number of aliphatic hydroxyl groups excluding tert-OH is 2. The van der Waals surface area contributed by atoms with E-state index in [-0.39, 0.29) is 40.7 Å². The number of aromatic hydroxyl groups is 1. The first-order valence-electron chi connectivity index (χ1n) is 12.9. The van der Waals surface area contributed by atoms with Gasteiger partial charge in [0.2, 0.25) is 0 Å². The van der Waals surface area contributed by atoms with Gasteiger partial charge in [0.1, 0.15) is 22.8 Å². The van der Waals surface area contributed by atoms with Gasteiger partial charge < -0.3 is 26.0 Å². The largest absolute Gasteiger partial charge is 0.511 e. The lowest BCUT2D eigenvalue weighted by molar-refractivity contribution is -0.126. The van der Waals surface area contributed by atoms with Gasteiger partial charge in [-0.3, -0.25) is 14.4 Å². The maximum absolute atomic E-state index is 13.9. The van der Waals surface area contributed by atoms with Crippen LogP contribution in [0.1, 0.15) is 66.4 Å². The number of amides is 1. The number of phenolic OH excluding ortho intramolecular Hbond substituents is 1. The van der Waals surface area contributed by atoms with E-state index >= 15 is 0 Å². The number of fused-ring (bicyclic) bond motifs is 3. The fourth-order valence-corrected chi connectivity index (χ4v) is 6.99. The first kappa shape index (κ1) is 24.4. The molecule has 192 valence electrons. The lowest BCUT2D eigenvalue weighted by atomic mass is 9.62. The molecule has 4 aliphatic carbocycles. The number of aryl methyl sites for hydroxylation is 1. The van der Waals surface area contributed by atoms with E-state index < -0.39 is 34.9 Å². The van der Waals surface area contributed by atoms with Gasteiger partial charge in [0.25, 0.3) is 5.91 Å². The molecule has 3 unspecified atom stereocenters. The van der Waals surface area contributed by atoms with Crippen molar-refractivity contribution < 1.29 is 29.7 Å². The molecule has 8 nitrogen and oxygen atoms in total. The third kappa shape index (κ3) is 3.78. The number of rotatable bonds is 5. The van der Waals surface area contributed by atoms with Crippen molar-refractivity contribution in [3.63, 3.8) is 0 Å². The summed E-state index contributed by atoms with van der Waals surface area (Å²) in [5.74, 6) is -4.27. The number of benzene rings is 1. The summed E-state index contributed by atoms with van der Waals surface area (Å²) in [6.07, 6.45) is 7.35. The number of phenols is 1. The third-order valence-corrected chi connectivity index (χ3v) is 8.72. The Labute approximate surface area is 210 Å². The zero-order chi connectivity index (χ0) is 25.9. The van der Waals surface area contributed by atoms with Crippen molar-refractivity contribution in [2.75, 3.05) is 19.0 Å². The van der Waals surface area contributed by atoms with E-state index in [1.807, 2.05) is 25.1 Å². The summed E-state index contributed by atoms with van der Waals surface area (Å²) in [6.45, 7) is 0. The number of nitrogens with two attached hydrogens (primary N) is 1. The van der Waals surface area contributed by atoms with Crippen LogP contribution in [0.25, 0.3) is 0 Å². The molecule has 0 aliphatic heterocycles. The van der Waals surface area contributed by atoms with Gasteiger partial charge in [-0.1, -0.05) is 25.7 Å². The summed E-state index contributed by atoms with van der Waals surface area (Å²) in [4.78, 5) is 40.6. The summed E-state index contributed by atoms with van der Waals surface area (Å²) in [5, 5.41) is 32.8. The standard InChI is InChI=1S/C28H34N2O6/c1-30(2)18-11-14(8-7-13-5-3-4-6-13)24(32)22-17(18)10-15-9-16-12-19(31)23(28(29)36)27(35)21(16)25(33)20(15)26(22)34/h11,13,15-16,21,31-33H,3-10,12H2,1-2H3,(H2,29,36). The molecule has 0 heterocycles. The number of allylic oxidation sites excluding steroid dienone is 3. The van der Waals surface area contributed by atoms with Crippen LogP contribution in [0.5, 0.6) is 5.75 Å². The Balaban J connectivity index is 1.57. The monoisotopic (exact) mass is 494 g/mol. The molecule has 1 saturated carbocycles. The van der Waals surface area contributed by atoms with Gasteiger partial charge in [0.05, 0.1) is 11.5 Å². The van der Waals surface area contributed by atoms with Crippen molar-refractivity contribution in [1.29, 1.82) is 0 Å². The zero-order valence-corrected chi connectivity index (χ0v) is 20.8. The molecule has 3 atom stereocenters. The predicted octanol–water partition coefficient (Wildman–Crippen LogP) is 3.65. The zero-order valence-electron chi connectivity index (χ0n) is 20.8. The van der Waals surface area contributed by atoms with Crippen molar-refractivity contribution in [3.05, 3.63) is 45.4 Å². The summed E-state index contributed by atoms with van der Waals surface area (Å²) in [6, 6.07) is 1.98. The highest BCUT2D eigenvalue weighted by atomic mass is 16.3. The number of carbonyl (C=O) groups excluding carboxylic acids is 3. The van der Waals surface area contributed by atoms with Crippen LogP contribution in [-0.2, 0) is 22.4 Å². The van der Waals surface area contributed by atoms with E-state index in [1.165, 1.54) is 25.7 Å². The number of primary amides is 1. The molecule has 0 bridgehead atoms. The van der Waals surface area contributed by atoms with Crippen molar-refractivity contribution in [2.45, 2.75) is 57.8 Å². The van der Waals surface area contributed by atoms with Gasteiger partial charge in [-0.15, -0.1) is 0 Å². The van der Waals surface area contributed by atoms with E-state index in [1.54, 1.807) is 0 Å². The molecule has 36 heavy (non-hydrogen) atoms. The maximum atomic E-state index is 13.9. The van der Waals surface area contributed by atoms with Crippen LogP contribution in [0.15, 0.2) is 28.7 Å². The minimum Gasteiger partial charge on any atom is -0.511 e. The Morgan fingerprint density at radius 3 is 2.44 bits per heavy atom. The lowest BCUT2D eigenvalue weighted by Crippen LogP contribution is -2.43. The average molecular weight is 495 g/mol. The fourth-order valence-electron chi connectivity index (χ4n) is 6.99. The van der Waals surface area contributed by atoms with Crippen molar-refractivity contribution in [1.82, 2.24) is 0 Å². The molecular formula is C28H34N2O6. The molecule has 1 amide bonds. The van der Waals surface area contributed by atoms with E-state index in [0.717, 1.165) is 23.2 Å². The van der Waals surface area contributed by atoms with Gasteiger partial charge in [-0.25, -0.2) is 0 Å². The Hall–Kier alpha value is -3.29. The number of nitrogens with zero attached hydrogens (tertiary/aromatic N) is 1. The predicted molar refractivity (Wildman–Crippen MR) is 134 cm³/mol. The van der Waals surface area contributed by atoms with Crippen LogP contribution in [0.2, 0.25) is 0 Å². The molecule has 1 aromatic carbocycles. The van der Waals surface area contributed by atoms with Gasteiger partial charge in [-0.05, 0) is 60.6 Å². The highest BCUT2D eigenvalue weighted by Crippen LogP contribution is 2.51. The summed E-state index contributed by atoms with van der Waals surface area (Å²) >= 11 is 0. The molecule has 0 aromatic heterocycles. The Kier molecular flexibility index (Phi) is 6.09. The van der Waals surface area contributed by atoms with Crippen LogP contribution in [0, 0.1) is 23.7 Å². The number of anilines is 1. The minimum atomic E-state index is -1.10. The molecular weight excluding hydrogens is 460 g/mol. The lowest BCUT2D eigenvalue weighted by Gasteiger charge is -2.41. The second-order valence-electron chi connectivity index (χ2n) is 11.1. The SMILES string of the molecule is CN(C)c1cc(CCC2CCCC2)c(O)c2c1CC1CC3CC(O)=C(C(N)=O)C(=O)C3C(O)=C1C2=O. The van der Waals surface area contributed by atoms with Crippen molar-refractivity contribution >= 4 is 23.2 Å². The first-order valence-corrected chi connectivity index (χ1v) is 12.9. The van der Waals surface area contributed by atoms with Gasteiger partial charge >= 0.3 is 0 Å². The van der Waals surface area contributed by atoms with E-state index in [0.29, 0.717) is 25.2 Å². The Morgan fingerprint density at radius 2 is 1.81 bits per heavy atom. The Bertz CT molecular complexity index is 1220. The van der Waals surface area contributed by atoms with E-state index in [2.05, 4.69) is 0 Å². The topological polar surface area (TPSA) is 141 Å². The molecule has 0 radical (unpaired) electrons. The van der Waals surface area contributed by atoms with E-state index in [4.69, 9.17) is 5.73 Å². The first-order chi connectivity index (χ1) is 17.1. The number of carbonyl (C=O) groups is 3. The maximum Gasteiger partial charge on any atom is 0.255 e. The summed E-state index contributed by atoms with van der Waals surface area (Å²) in [7, 11) is 3.82. The molecule has 8 heteroatoms. The molecule has 5 N–H and O–H groups in total. The average Bonchev–Trinajstić information content (AvgIpc) is 3.31. The number of hydrogen-bond donors (Lipinski definition) is 4. The quantitative estimate of drug-likeness (QED) is 0.458. The second-order valence-corrected chi connectivity index (χ2v) is 11.1. The highest BCUT2D eigenvalue weighted by Gasteiger charge is 2.50. The van der Waals surface area contributed by atoms with Crippen LogP contribution in [0.4, 0.5) is 5.69 Å². The fraction of sp³-hybridized carbons (Fsp3) is 0.536. The number of aliphatic hydroxyl groups is 2. The molecule has 0 spiro atoms. The highest BCUT2D eigenvalue weighted by molar-refractivity contribution is 6.22. The van der Waals surface area contributed by atoms with Gasteiger partial charge in [0.15, 0.2) is 11.6 Å². The summed E-state index contributed by atoms with van der Waals surface area (Å²) in [5.41, 5.74) is 7.49. The van der Waals surface area contributed by atoms with Crippen LogP contribution in [-0.4, -0.2) is 46.9 Å². The minimum absolute atomic E-state index is 0.0372. The van der Waals surface area contributed by atoms with Crippen LogP contribution in [0.3, 0.4) is 0 Å². The normalized spacial score (nSPS) is 26.1. The van der Waals surface area contributed by atoms with Crippen molar-refractivity contribution in [2.24, 2.45) is 29.4 Å². The number of ketones is 2. The molecule has 5 rings (SSSR count). The number of hydrogen-bond acceptors (Lipinski definition) is 7. The van der Waals surface area contributed by atoms with E-state index in [9.17, 15) is 29.7 Å². The molecule has 4 aliphatic rings. The Morgan fingerprint density at radius 1 is 1.11 bits per heavy atom.